The van der Waals surface area contributed by atoms with E-state index in [9.17, 15) is 4.79 Å². The minimum Gasteiger partial charge on any atom is -0.352 e. The van der Waals surface area contributed by atoms with E-state index in [2.05, 4.69) is 5.32 Å². The van der Waals surface area contributed by atoms with Gasteiger partial charge in [-0.2, -0.15) is 0 Å². The lowest BCUT2D eigenvalue weighted by atomic mass is 9.86. The molecule has 0 heterocycles. The maximum atomic E-state index is 12.0. The third kappa shape index (κ3) is 3.11. The van der Waals surface area contributed by atoms with Gasteiger partial charge in [0, 0.05) is 18.0 Å². The summed E-state index contributed by atoms with van der Waals surface area (Å²) >= 11 is 5.93. The van der Waals surface area contributed by atoms with Crippen LogP contribution in [-0.4, -0.2) is 5.91 Å². The number of hydrogen-bond donors (Lipinski definition) is 1. The molecule has 2 aliphatic rings. The van der Waals surface area contributed by atoms with Crippen LogP contribution in [0.25, 0.3) is 0 Å². The van der Waals surface area contributed by atoms with Crippen molar-refractivity contribution in [1.29, 1.82) is 0 Å². The van der Waals surface area contributed by atoms with Gasteiger partial charge in [0.15, 0.2) is 0 Å². The molecule has 0 aliphatic heterocycles. The van der Waals surface area contributed by atoms with Crippen molar-refractivity contribution in [3.8, 4) is 0 Å². The Hall–Kier alpha value is -1.02. The first-order chi connectivity index (χ1) is 9.20. The Bertz CT molecular complexity index is 474. The van der Waals surface area contributed by atoms with E-state index in [0.29, 0.717) is 18.9 Å². The van der Waals surface area contributed by atoms with Gasteiger partial charge in [0.05, 0.1) is 0 Å². The van der Waals surface area contributed by atoms with E-state index >= 15 is 0 Å². The molecule has 19 heavy (non-hydrogen) atoms. The zero-order chi connectivity index (χ0) is 13.2. The Balaban J connectivity index is 1.47. The quantitative estimate of drug-likeness (QED) is 0.891. The summed E-state index contributed by atoms with van der Waals surface area (Å²) in [6.45, 7) is 0.584. The fourth-order valence-corrected chi connectivity index (χ4v) is 4.00. The molecule has 3 rings (SSSR count). The lowest BCUT2D eigenvalue weighted by Gasteiger charge is -2.20. The molecule has 2 saturated carbocycles. The average Bonchev–Trinajstić information content (AvgIpc) is 2.99. The SMILES string of the molecule is O=C(C[C@@H]1C[C@H]2CC[C@H]1C2)NCc1cccc(Cl)c1. The van der Waals surface area contributed by atoms with Crippen molar-refractivity contribution in [1.82, 2.24) is 5.32 Å². The zero-order valence-corrected chi connectivity index (χ0v) is 11.8. The first kappa shape index (κ1) is 13.0. The van der Waals surface area contributed by atoms with Gasteiger partial charge in [-0.1, -0.05) is 30.2 Å². The highest BCUT2D eigenvalue weighted by atomic mass is 35.5. The van der Waals surface area contributed by atoms with E-state index in [1.165, 1.54) is 25.7 Å². The summed E-state index contributed by atoms with van der Waals surface area (Å²) in [6, 6.07) is 7.66. The molecule has 102 valence electrons. The van der Waals surface area contributed by atoms with Gasteiger partial charge >= 0.3 is 0 Å². The second-order valence-corrected chi connectivity index (χ2v) is 6.48. The van der Waals surface area contributed by atoms with Crippen LogP contribution >= 0.6 is 11.6 Å². The number of carbonyl (C=O) groups excluding carboxylic acids is 1. The van der Waals surface area contributed by atoms with E-state index in [0.717, 1.165) is 22.4 Å². The summed E-state index contributed by atoms with van der Waals surface area (Å²) in [7, 11) is 0. The Morgan fingerprint density at radius 2 is 2.21 bits per heavy atom. The lowest BCUT2D eigenvalue weighted by molar-refractivity contribution is -0.122. The number of rotatable bonds is 4. The van der Waals surface area contributed by atoms with E-state index in [-0.39, 0.29) is 5.91 Å². The molecule has 1 amide bonds. The molecule has 2 fully saturated rings. The van der Waals surface area contributed by atoms with Crippen molar-refractivity contribution in [3.63, 3.8) is 0 Å². The fraction of sp³-hybridized carbons (Fsp3) is 0.562. The molecule has 0 radical (unpaired) electrons. The number of hydrogen-bond acceptors (Lipinski definition) is 1. The van der Waals surface area contributed by atoms with Crippen LogP contribution in [0.3, 0.4) is 0 Å². The van der Waals surface area contributed by atoms with Gasteiger partial charge in [-0.3, -0.25) is 4.79 Å². The van der Waals surface area contributed by atoms with Crippen LogP contribution in [0.5, 0.6) is 0 Å². The minimum atomic E-state index is 0.192. The van der Waals surface area contributed by atoms with Gasteiger partial charge in [0.1, 0.15) is 0 Å². The third-order valence-corrected chi connectivity index (χ3v) is 4.95. The largest absolute Gasteiger partial charge is 0.352 e. The minimum absolute atomic E-state index is 0.192. The maximum absolute atomic E-state index is 12.0. The van der Waals surface area contributed by atoms with E-state index < -0.39 is 0 Å². The maximum Gasteiger partial charge on any atom is 0.220 e. The Labute approximate surface area is 119 Å². The molecule has 2 aliphatic carbocycles. The number of halogens is 1. The predicted octanol–water partition coefficient (Wildman–Crippen LogP) is 3.78. The molecule has 0 saturated heterocycles. The standard InChI is InChI=1S/C16H20ClNO/c17-15-3-1-2-12(8-15)10-18-16(19)9-14-7-11-4-5-13(14)6-11/h1-3,8,11,13-14H,4-7,9-10H2,(H,18,19)/t11-,13-,14-/m0/s1. The molecule has 1 aromatic carbocycles. The number of fused-ring (bicyclic) bond motifs is 2. The summed E-state index contributed by atoms with van der Waals surface area (Å²) in [6.07, 6.45) is 6.09. The molecule has 2 bridgehead atoms. The molecule has 3 atom stereocenters. The van der Waals surface area contributed by atoms with Crippen molar-refractivity contribution in [3.05, 3.63) is 34.9 Å². The zero-order valence-electron chi connectivity index (χ0n) is 11.1. The average molecular weight is 278 g/mol. The van der Waals surface area contributed by atoms with Crippen molar-refractivity contribution < 1.29 is 4.79 Å². The first-order valence-electron chi connectivity index (χ1n) is 7.22. The highest BCUT2D eigenvalue weighted by Crippen LogP contribution is 2.49. The number of carbonyl (C=O) groups is 1. The van der Waals surface area contributed by atoms with Gasteiger partial charge in [-0.05, 0) is 54.7 Å². The monoisotopic (exact) mass is 277 g/mol. The molecular weight excluding hydrogens is 258 g/mol. The Kier molecular flexibility index (Phi) is 3.79. The van der Waals surface area contributed by atoms with Crippen LogP contribution in [0.2, 0.25) is 5.02 Å². The number of amides is 1. The van der Waals surface area contributed by atoms with Gasteiger partial charge < -0.3 is 5.32 Å². The van der Waals surface area contributed by atoms with Crippen molar-refractivity contribution >= 4 is 17.5 Å². The van der Waals surface area contributed by atoms with Crippen LogP contribution in [0.1, 0.15) is 37.7 Å². The smallest absolute Gasteiger partial charge is 0.220 e. The van der Waals surface area contributed by atoms with Gasteiger partial charge in [-0.15, -0.1) is 0 Å². The topological polar surface area (TPSA) is 29.1 Å². The van der Waals surface area contributed by atoms with Gasteiger partial charge in [0.2, 0.25) is 5.91 Å². The van der Waals surface area contributed by atoms with Crippen LogP contribution in [0.15, 0.2) is 24.3 Å². The lowest BCUT2D eigenvalue weighted by Crippen LogP contribution is -2.26. The Morgan fingerprint density at radius 1 is 1.32 bits per heavy atom. The molecule has 0 unspecified atom stereocenters. The summed E-state index contributed by atoms with van der Waals surface area (Å²) in [5.41, 5.74) is 1.06. The van der Waals surface area contributed by atoms with E-state index in [1.54, 1.807) is 0 Å². The van der Waals surface area contributed by atoms with Crippen LogP contribution in [0.4, 0.5) is 0 Å². The molecular formula is C16H20ClNO. The summed E-state index contributed by atoms with van der Waals surface area (Å²) in [5.74, 6) is 2.56. The van der Waals surface area contributed by atoms with Crippen molar-refractivity contribution in [2.24, 2.45) is 17.8 Å². The fourth-order valence-electron chi connectivity index (χ4n) is 3.78. The molecule has 3 heteroatoms. The van der Waals surface area contributed by atoms with Crippen LogP contribution in [-0.2, 0) is 11.3 Å². The van der Waals surface area contributed by atoms with Crippen molar-refractivity contribution in [2.75, 3.05) is 0 Å². The molecule has 1 N–H and O–H groups in total. The van der Waals surface area contributed by atoms with Gasteiger partial charge in [-0.25, -0.2) is 0 Å². The summed E-state index contributed by atoms with van der Waals surface area (Å²) < 4.78 is 0. The van der Waals surface area contributed by atoms with Crippen molar-refractivity contribution in [2.45, 2.75) is 38.6 Å². The third-order valence-electron chi connectivity index (χ3n) is 4.71. The Morgan fingerprint density at radius 3 is 2.89 bits per heavy atom. The van der Waals surface area contributed by atoms with Crippen LogP contribution < -0.4 is 5.32 Å². The molecule has 0 aromatic heterocycles. The highest BCUT2D eigenvalue weighted by Gasteiger charge is 2.39. The van der Waals surface area contributed by atoms with Gasteiger partial charge in [0.25, 0.3) is 0 Å². The molecule has 1 aromatic rings. The summed E-state index contributed by atoms with van der Waals surface area (Å²) in [5, 5.41) is 3.74. The molecule has 2 nitrogen and oxygen atoms in total. The van der Waals surface area contributed by atoms with E-state index in [1.807, 2.05) is 24.3 Å². The van der Waals surface area contributed by atoms with Crippen LogP contribution in [0, 0.1) is 17.8 Å². The highest BCUT2D eigenvalue weighted by molar-refractivity contribution is 6.30. The molecule has 0 spiro atoms. The number of nitrogens with one attached hydrogen (secondary N) is 1. The predicted molar refractivity (Wildman–Crippen MR) is 76.9 cm³/mol. The van der Waals surface area contributed by atoms with E-state index in [4.69, 9.17) is 11.6 Å². The first-order valence-corrected chi connectivity index (χ1v) is 7.59. The second kappa shape index (κ2) is 5.54. The summed E-state index contributed by atoms with van der Waals surface area (Å²) in [4.78, 5) is 12.0. The number of benzene rings is 1. The normalized spacial score (nSPS) is 28.6. The second-order valence-electron chi connectivity index (χ2n) is 6.05.